The summed E-state index contributed by atoms with van der Waals surface area (Å²) in [6.45, 7) is 1.94. The van der Waals surface area contributed by atoms with Gasteiger partial charge in [-0.1, -0.05) is 0 Å². The third-order valence-corrected chi connectivity index (χ3v) is 4.39. The molecule has 0 bridgehead atoms. The molecule has 1 aromatic rings. The number of morpholine rings is 1. The number of carbonyl (C=O) groups is 2. The number of carbonyl (C=O) groups excluding carboxylic acids is 2. The lowest BCUT2D eigenvalue weighted by Crippen LogP contribution is -2.54. The average Bonchev–Trinajstić information content (AvgIpc) is 3.05. The minimum atomic E-state index is -0.158. The summed E-state index contributed by atoms with van der Waals surface area (Å²) in [6, 6.07) is 3.21. The SMILES string of the molecule is COCCN1C(=O)CO[C@H]2CN(C(=O)c3ccc(OC)nc3)C[C@@H]21. The van der Waals surface area contributed by atoms with E-state index in [1.165, 1.54) is 13.3 Å². The Labute approximate surface area is 140 Å². The molecule has 2 saturated heterocycles. The topological polar surface area (TPSA) is 81.2 Å². The molecule has 0 radical (unpaired) electrons. The smallest absolute Gasteiger partial charge is 0.255 e. The van der Waals surface area contributed by atoms with Crippen LogP contribution in [0.25, 0.3) is 0 Å². The molecule has 24 heavy (non-hydrogen) atoms. The molecule has 1 aromatic heterocycles. The van der Waals surface area contributed by atoms with Crippen molar-refractivity contribution in [2.24, 2.45) is 0 Å². The molecule has 0 aromatic carbocycles. The third-order valence-electron chi connectivity index (χ3n) is 4.39. The molecular weight excluding hydrogens is 314 g/mol. The van der Waals surface area contributed by atoms with E-state index in [0.29, 0.717) is 37.7 Å². The third kappa shape index (κ3) is 3.20. The van der Waals surface area contributed by atoms with Gasteiger partial charge in [0.1, 0.15) is 6.61 Å². The molecular formula is C16H21N3O5. The second-order valence-corrected chi connectivity index (χ2v) is 5.80. The van der Waals surface area contributed by atoms with Crippen LogP contribution in [0.5, 0.6) is 5.88 Å². The monoisotopic (exact) mass is 335 g/mol. The molecule has 8 heteroatoms. The number of likely N-dealkylation sites (tertiary alicyclic amines) is 1. The van der Waals surface area contributed by atoms with Gasteiger partial charge in [0.15, 0.2) is 0 Å². The van der Waals surface area contributed by atoms with Crippen molar-refractivity contribution in [3.8, 4) is 5.88 Å². The predicted molar refractivity (Wildman–Crippen MR) is 83.8 cm³/mol. The van der Waals surface area contributed by atoms with Gasteiger partial charge in [-0.05, 0) is 6.07 Å². The lowest BCUT2D eigenvalue weighted by atomic mass is 10.1. The van der Waals surface area contributed by atoms with Crippen molar-refractivity contribution in [2.45, 2.75) is 12.1 Å². The fraction of sp³-hybridized carbons (Fsp3) is 0.562. The van der Waals surface area contributed by atoms with E-state index in [9.17, 15) is 9.59 Å². The maximum absolute atomic E-state index is 12.7. The minimum absolute atomic E-state index is 0.0526. The molecule has 3 heterocycles. The van der Waals surface area contributed by atoms with Gasteiger partial charge in [-0.2, -0.15) is 0 Å². The first kappa shape index (κ1) is 16.7. The number of nitrogens with zero attached hydrogens (tertiary/aromatic N) is 3. The zero-order valence-corrected chi connectivity index (χ0v) is 13.8. The first-order chi connectivity index (χ1) is 11.6. The van der Waals surface area contributed by atoms with Crippen molar-refractivity contribution in [1.29, 1.82) is 0 Å². The zero-order valence-electron chi connectivity index (χ0n) is 13.8. The zero-order chi connectivity index (χ0) is 17.1. The highest BCUT2D eigenvalue weighted by atomic mass is 16.5. The Balaban J connectivity index is 1.70. The normalized spacial score (nSPS) is 23.3. The Bertz CT molecular complexity index is 606. The number of rotatable bonds is 5. The van der Waals surface area contributed by atoms with Crippen LogP contribution in [0, 0.1) is 0 Å². The summed E-state index contributed by atoms with van der Waals surface area (Å²) in [6.07, 6.45) is 1.34. The van der Waals surface area contributed by atoms with Crippen LogP contribution < -0.4 is 4.74 Å². The van der Waals surface area contributed by atoms with E-state index in [4.69, 9.17) is 14.2 Å². The molecule has 2 amide bonds. The molecule has 0 N–H and O–H groups in total. The van der Waals surface area contributed by atoms with Crippen LogP contribution in [-0.4, -0.2) is 85.8 Å². The van der Waals surface area contributed by atoms with Crippen molar-refractivity contribution in [1.82, 2.24) is 14.8 Å². The molecule has 0 spiro atoms. The Morgan fingerprint density at radius 2 is 2.21 bits per heavy atom. The van der Waals surface area contributed by atoms with Gasteiger partial charge in [0.05, 0.1) is 31.4 Å². The lowest BCUT2D eigenvalue weighted by Gasteiger charge is -2.36. The molecule has 0 saturated carbocycles. The summed E-state index contributed by atoms with van der Waals surface area (Å²) in [5, 5.41) is 0. The predicted octanol–water partition coefficient (Wildman–Crippen LogP) is -0.212. The standard InChI is InChI=1S/C16H21N3O5/c1-22-6-5-19-12-8-18(9-13(12)24-10-15(19)20)16(21)11-3-4-14(23-2)17-7-11/h3-4,7,12-13H,5-6,8-10H2,1-2H3/t12-,13-/m0/s1. The van der Waals surface area contributed by atoms with Gasteiger partial charge >= 0.3 is 0 Å². The molecule has 130 valence electrons. The summed E-state index contributed by atoms with van der Waals surface area (Å²) in [5.41, 5.74) is 0.490. The minimum Gasteiger partial charge on any atom is -0.481 e. The van der Waals surface area contributed by atoms with E-state index in [1.807, 2.05) is 0 Å². The highest BCUT2D eigenvalue weighted by Gasteiger charge is 2.44. The highest BCUT2D eigenvalue weighted by Crippen LogP contribution is 2.25. The molecule has 2 aliphatic heterocycles. The Hall–Kier alpha value is -2.19. The van der Waals surface area contributed by atoms with E-state index in [-0.39, 0.29) is 30.6 Å². The molecule has 2 aliphatic rings. The quantitative estimate of drug-likeness (QED) is 0.741. The summed E-state index contributed by atoms with van der Waals surface area (Å²) in [5.74, 6) is 0.275. The van der Waals surface area contributed by atoms with Gasteiger partial charge in [-0.3, -0.25) is 9.59 Å². The summed E-state index contributed by atoms with van der Waals surface area (Å²) in [4.78, 5) is 32.3. The molecule has 0 aliphatic carbocycles. The van der Waals surface area contributed by atoms with Crippen LogP contribution in [0.1, 0.15) is 10.4 Å². The van der Waals surface area contributed by atoms with Gasteiger partial charge in [-0.25, -0.2) is 4.98 Å². The first-order valence-electron chi connectivity index (χ1n) is 7.83. The van der Waals surface area contributed by atoms with Gasteiger partial charge < -0.3 is 24.0 Å². The molecule has 0 unspecified atom stereocenters. The Kier molecular flexibility index (Phi) is 4.96. The number of hydrogen-bond acceptors (Lipinski definition) is 6. The van der Waals surface area contributed by atoms with Crippen molar-refractivity contribution < 1.29 is 23.8 Å². The fourth-order valence-electron chi connectivity index (χ4n) is 3.12. The second kappa shape index (κ2) is 7.14. The van der Waals surface area contributed by atoms with Crippen molar-refractivity contribution in [3.63, 3.8) is 0 Å². The number of hydrogen-bond donors (Lipinski definition) is 0. The summed E-state index contributed by atoms with van der Waals surface area (Å²) in [7, 11) is 3.13. The van der Waals surface area contributed by atoms with E-state index < -0.39 is 0 Å². The van der Waals surface area contributed by atoms with Gasteiger partial charge in [0.25, 0.3) is 5.91 Å². The second-order valence-electron chi connectivity index (χ2n) is 5.80. The number of fused-ring (bicyclic) bond motifs is 1. The maximum Gasteiger partial charge on any atom is 0.255 e. The largest absolute Gasteiger partial charge is 0.481 e. The first-order valence-corrected chi connectivity index (χ1v) is 7.83. The molecule has 8 nitrogen and oxygen atoms in total. The maximum atomic E-state index is 12.7. The Morgan fingerprint density at radius 3 is 2.88 bits per heavy atom. The highest BCUT2D eigenvalue weighted by molar-refractivity contribution is 5.94. The van der Waals surface area contributed by atoms with Gasteiger partial charge in [-0.15, -0.1) is 0 Å². The van der Waals surface area contributed by atoms with Gasteiger partial charge in [0.2, 0.25) is 11.8 Å². The number of aromatic nitrogens is 1. The van der Waals surface area contributed by atoms with E-state index in [0.717, 1.165) is 0 Å². The van der Waals surface area contributed by atoms with Crippen LogP contribution in [0.2, 0.25) is 0 Å². The number of pyridine rings is 1. The number of amides is 2. The van der Waals surface area contributed by atoms with Crippen LogP contribution in [0.3, 0.4) is 0 Å². The molecule has 3 rings (SSSR count). The van der Waals surface area contributed by atoms with Crippen LogP contribution >= 0.6 is 0 Å². The van der Waals surface area contributed by atoms with Crippen molar-refractivity contribution >= 4 is 11.8 Å². The van der Waals surface area contributed by atoms with Crippen molar-refractivity contribution in [3.05, 3.63) is 23.9 Å². The van der Waals surface area contributed by atoms with E-state index in [2.05, 4.69) is 4.98 Å². The lowest BCUT2D eigenvalue weighted by molar-refractivity contribution is -0.153. The van der Waals surface area contributed by atoms with Crippen LogP contribution in [0.4, 0.5) is 0 Å². The molecule has 2 fully saturated rings. The van der Waals surface area contributed by atoms with E-state index >= 15 is 0 Å². The average molecular weight is 335 g/mol. The number of ether oxygens (including phenoxy) is 3. The van der Waals surface area contributed by atoms with Crippen LogP contribution in [0.15, 0.2) is 18.3 Å². The van der Waals surface area contributed by atoms with Crippen molar-refractivity contribution in [2.75, 3.05) is 47.1 Å². The Morgan fingerprint density at radius 1 is 1.38 bits per heavy atom. The van der Waals surface area contributed by atoms with Crippen LogP contribution in [-0.2, 0) is 14.3 Å². The van der Waals surface area contributed by atoms with Gasteiger partial charge in [0, 0.05) is 39.0 Å². The summed E-state index contributed by atoms with van der Waals surface area (Å²) >= 11 is 0. The molecule has 2 atom stereocenters. The fourth-order valence-corrected chi connectivity index (χ4v) is 3.12. The van der Waals surface area contributed by atoms with E-state index in [1.54, 1.807) is 29.0 Å². The summed E-state index contributed by atoms with van der Waals surface area (Å²) < 4.78 is 15.7. The number of methoxy groups -OCH3 is 2.